The summed E-state index contributed by atoms with van der Waals surface area (Å²) in [7, 11) is 1.35. The first-order valence-corrected chi connectivity index (χ1v) is 5.56. The normalized spacial score (nSPS) is 22.3. The summed E-state index contributed by atoms with van der Waals surface area (Å²) in [5.41, 5.74) is 0. The molecule has 1 saturated heterocycles. The molecule has 0 N–H and O–H groups in total. The van der Waals surface area contributed by atoms with Gasteiger partial charge in [0.2, 0.25) is 5.91 Å². The van der Waals surface area contributed by atoms with Crippen LogP contribution in [0.2, 0.25) is 0 Å². The summed E-state index contributed by atoms with van der Waals surface area (Å²) >= 11 is 3.31. The molecule has 1 aliphatic rings. The Labute approximate surface area is 91.7 Å². The second-order valence-electron chi connectivity index (χ2n) is 3.26. The van der Waals surface area contributed by atoms with Crippen LogP contribution in [0.4, 0.5) is 0 Å². The average Bonchev–Trinajstić information content (AvgIpc) is 2.20. The fourth-order valence-corrected chi connectivity index (χ4v) is 2.06. The molecule has 1 fully saturated rings. The molecule has 1 rings (SSSR count). The van der Waals surface area contributed by atoms with Gasteiger partial charge in [-0.1, -0.05) is 15.9 Å². The molecule has 0 bridgehead atoms. The molecule has 0 radical (unpaired) electrons. The highest BCUT2D eigenvalue weighted by molar-refractivity contribution is 9.10. The van der Waals surface area contributed by atoms with E-state index in [0.29, 0.717) is 6.54 Å². The number of nitrogens with zero attached hydrogens (tertiary/aromatic N) is 1. The van der Waals surface area contributed by atoms with Crippen LogP contribution in [-0.4, -0.2) is 41.8 Å². The lowest BCUT2D eigenvalue weighted by molar-refractivity contribution is -0.142. The molecule has 0 aromatic heterocycles. The molecule has 0 aliphatic carbocycles. The van der Waals surface area contributed by atoms with Crippen molar-refractivity contribution in [3.8, 4) is 0 Å². The van der Waals surface area contributed by atoms with Crippen LogP contribution in [0.25, 0.3) is 0 Å². The third-order valence-electron chi connectivity index (χ3n) is 2.28. The van der Waals surface area contributed by atoms with Gasteiger partial charge in [-0.25, -0.2) is 0 Å². The van der Waals surface area contributed by atoms with Gasteiger partial charge in [-0.05, 0) is 12.8 Å². The lowest BCUT2D eigenvalue weighted by Crippen LogP contribution is -2.42. The van der Waals surface area contributed by atoms with E-state index in [9.17, 15) is 9.59 Å². The van der Waals surface area contributed by atoms with Crippen LogP contribution in [0, 0.1) is 0 Å². The number of hydrogen-bond donors (Lipinski definition) is 0. The van der Waals surface area contributed by atoms with Crippen molar-refractivity contribution in [3.63, 3.8) is 0 Å². The van der Waals surface area contributed by atoms with Crippen molar-refractivity contribution in [2.75, 3.05) is 20.2 Å². The Morgan fingerprint density at radius 1 is 1.71 bits per heavy atom. The maximum absolute atomic E-state index is 11.6. The van der Waals surface area contributed by atoms with Crippen molar-refractivity contribution >= 4 is 27.8 Å². The standard InChI is InChI=1S/C9H14BrNO3/c1-14-8(12)4-6-11-5-2-3-7(10)9(11)13/h7H,2-6H2,1H3. The van der Waals surface area contributed by atoms with Gasteiger partial charge in [-0.3, -0.25) is 9.59 Å². The molecule has 1 heterocycles. The molecule has 0 saturated carbocycles. The highest BCUT2D eigenvalue weighted by atomic mass is 79.9. The van der Waals surface area contributed by atoms with Crippen LogP contribution < -0.4 is 0 Å². The zero-order chi connectivity index (χ0) is 10.6. The van der Waals surface area contributed by atoms with Crippen LogP contribution in [-0.2, 0) is 14.3 Å². The molecule has 14 heavy (non-hydrogen) atoms. The molecule has 5 heteroatoms. The molecule has 0 spiro atoms. The van der Waals surface area contributed by atoms with Gasteiger partial charge >= 0.3 is 5.97 Å². The minimum absolute atomic E-state index is 0.0751. The second kappa shape index (κ2) is 5.34. The molecule has 1 atom stereocenters. The van der Waals surface area contributed by atoms with E-state index in [1.165, 1.54) is 7.11 Å². The number of methoxy groups -OCH3 is 1. The summed E-state index contributed by atoms with van der Waals surface area (Å²) in [5, 5.41) is 0. The molecule has 0 aromatic rings. The molecule has 0 aromatic carbocycles. The molecular formula is C9H14BrNO3. The Balaban J connectivity index is 2.36. The summed E-state index contributed by atoms with van der Waals surface area (Å²) in [4.78, 5) is 24.1. The first-order chi connectivity index (χ1) is 6.65. The number of hydrogen-bond acceptors (Lipinski definition) is 3. The fraction of sp³-hybridized carbons (Fsp3) is 0.778. The van der Waals surface area contributed by atoms with E-state index in [4.69, 9.17) is 0 Å². The fourth-order valence-electron chi connectivity index (χ4n) is 1.44. The lowest BCUT2D eigenvalue weighted by atomic mass is 10.1. The van der Waals surface area contributed by atoms with Crippen molar-refractivity contribution in [3.05, 3.63) is 0 Å². The van der Waals surface area contributed by atoms with Crippen molar-refractivity contribution in [1.82, 2.24) is 4.90 Å². The largest absolute Gasteiger partial charge is 0.469 e. The SMILES string of the molecule is COC(=O)CCN1CCCC(Br)C1=O. The second-order valence-corrected chi connectivity index (χ2v) is 4.37. The van der Waals surface area contributed by atoms with E-state index in [2.05, 4.69) is 20.7 Å². The minimum Gasteiger partial charge on any atom is -0.469 e. The number of esters is 1. The predicted molar refractivity (Wildman–Crippen MR) is 55.2 cm³/mol. The zero-order valence-electron chi connectivity index (χ0n) is 8.16. The quantitative estimate of drug-likeness (QED) is 0.563. The third-order valence-corrected chi connectivity index (χ3v) is 3.13. The van der Waals surface area contributed by atoms with Gasteiger partial charge in [0.25, 0.3) is 0 Å². The predicted octanol–water partition coefficient (Wildman–Crippen LogP) is 0.935. The Hall–Kier alpha value is -0.580. The Morgan fingerprint density at radius 2 is 2.43 bits per heavy atom. The number of piperidine rings is 1. The number of ether oxygens (including phenoxy) is 1. The van der Waals surface area contributed by atoms with E-state index in [1.54, 1.807) is 4.90 Å². The maximum Gasteiger partial charge on any atom is 0.307 e. The topological polar surface area (TPSA) is 46.6 Å². The van der Waals surface area contributed by atoms with E-state index < -0.39 is 0 Å². The minimum atomic E-state index is -0.269. The van der Waals surface area contributed by atoms with E-state index in [1.807, 2.05) is 0 Å². The van der Waals surface area contributed by atoms with Crippen LogP contribution in [0.1, 0.15) is 19.3 Å². The Kier molecular flexibility index (Phi) is 4.38. The van der Waals surface area contributed by atoms with Gasteiger partial charge in [-0.2, -0.15) is 0 Å². The van der Waals surface area contributed by atoms with Gasteiger partial charge in [0.1, 0.15) is 0 Å². The number of rotatable bonds is 3. The number of likely N-dealkylation sites (tertiary alicyclic amines) is 1. The molecule has 1 unspecified atom stereocenters. The van der Waals surface area contributed by atoms with Crippen LogP contribution >= 0.6 is 15.9 Å². The summed E-state index contributed by atoms with van der Waals surface area (Å²) in [6.45, 7) is 1.21. The van der Waals surface area contributed by atoms with E-state index >= 15 is 0 Å². The number of amides is 1. The smallest absolute Gasteiger partial charge is 0.307 e. The van der Waals surface area contributed by atoms with Crippen LogP contribution in [0.3, 0.4) is 0 Å². The monoisotopic (exact) mass is 263 g/mol. The Morgan fingerprint density at radius 3 is 3.07 bits per heavy atom. The molecule has 1 amide bonds. The zero-order valence-corrected chi connectivity index (χ0v) is 9.75. The van der Waals surface area contributed by atoms with Gasteiger partial charge in [0.15, 0.2) is 0 Å². The number of alkyl halides is 1. The number of halogens is 1. The summed E-state index contributed by atoms with van der Waals surface area (Å²) in [6.07, 6.45) is 2.15. The van der Waals surface area contributed by atoms with E-state index in [0.717, 1.165) is 19.4 Å². The average molecular weight is 264 g/mol. The van der Waals surface area contributed by atoms with Gasteiger partial charge < -0.3 is 9.64 Å². The molecule has 4 nitrogen and oxygen atoms in total. The van der Waals surface area contributed by atoms with Gasteiger partial charge in [0.05, 0.1) is 18.4 Å². The first kappa shape index (κ1) is 11.5. The van der Waals surface area contributed by atoms with Crippen molar-refractivity contribution < 1.29 is 14.3 Å². The molecular weight excluding hydrogens is 250 g/mol. The summed E-state index contributed by atoms with van der Waals surface area (Å²) in [5.74, 6) is -0.186. The number of carbonyl (C=O) groups excluding carboxylic acids is 2. The highest BCUT2D eigenvalue weighted by Gasteiger charge is 2.26. The van der Waals surface area contributed by atoms with Crippen LogP contribution in [0.5, 0.6) is 0 Å². The molecule has 1 aliphatic heterocycles. The van der Waals surface area contributed by atoms with Crippen molar-refractivity contribution in [2.24, 2.45) is 0 Å². The van der Waals surface area contributed by atoms with Crippen molar-refractivity contribution in [2.45, 2.75) is 24.1 Å². The first-order valence-electron chi connectivity index (χ1n) is 4.65. The van der Waals surface area contributed by atoms with Gasteiger partial charge in [0, 0.05) is 13.1 Å². The van der Waals surface area contributed by atoms with Crippen LogP contribution in [0.15, 0.2) is 0 Å². The maximum atomic E-state index is 11.6. The lowest BCUT2D eigenvalue weighted by Gasteiger charge is -2.29. The third kappa shape index (κ3) is 2.97. The molecule has 80 valence electrons. The van der Waals surface area contributed by atoms with Gasteiger partial charge in [-0.15, -0.1) is 0 Å². The Bertz CT molecular complexity index is 232. The number of carbonyl (C=O) groups is 2. The summed E-state index contributed by atoms with van der Waals surface area (Å²) in [6, 6.07) is 0. The summed E-state index contributed by atoms with van der Waals surface area (Å²) < 4.78 is 4.51. The van der Waals surface area contributed by atoms with Crippen molar-refractivity contribution in [1.29, 1.82) is 0 Å². The van der Waals surface area contributed by atoms with E-state index in [-0.39, 0.29) is 23.1 Å². The highest BCUT2D eigenvalue weighted by Crippen LogP contribution is 2.18.